The molecule has 1 N–H and O–H groups in total. The lowest BCUT2D eigenvalue weighted by Crippen LogP contribution is -2.12. The van der Waals surface area contributed by atoms with Crippen LogP contribution in [0.5, 0.6) is 0 Å². The van der Waals surface area contributed by atoms with Gasteiger partial charge in [-0.25, -0.2) is 0 Å². The Kier molecular flexibility index (Phi) is 3.61. The molecule has 0 bridgehead atoms. The summed E-state index contributed by atoms with van der Waals surface area (Å²) in [6, 6.07) is 4.30. The van der Waals surface area contributed by atoms with Gasteiger partial charge in [0, 0.05) is 23.8 Å². The number of amides is 1. The van der Waals surface area contributed by atoms with E-state index in [1.54, 1.807) is 6.92 Å². The van der Waals surface area contributed by atoms with Crippen molar-refractivity contribution in [2.75, 3.05) is 5.32 Å². The van der Waals surface area contributed by atoms with Gasteiger partial charge in [-0.2, -0.15) is 0 Å². The standard InChI is InChI=1S/C11H8N4O6/c1-6-4-10(21-13-6)12-11(16)7-2-3-8(14(17)18)9(5-7)15(19)20/h2-5H,1H3,(H,12,16). The molecule has 0 aliphatic rings. The van der Waals surface area contributed by atoms with Crippen molar-refractivity contribution >= 4 is 23.2 Å². The number of aromatic nitrogens is 1. The molecule has 10 heteroatoms. The van der Waals surface area contributed by atoms with E-state index in [1.165, 1.54) is 6.07 Å². The van der Waals surface area contributed by atoms with Crippen molar-refractivity contribution in [1.29, 1.82) is 0 Å². The summed E-state index contributed by atoms with van der Waals surface area (Å²) in [5, 5.41) is 27.4. The molecule has 0 unspecified atom stereocenters. The van der Waals surface area contributed by atoms with E-state index < -0.39 is 27.1 Å². The first-order valence-corrected chi connectivity index (χ1v) is 5.56. The van der Waals surface area contributed by atoms with Gasteiger partial charge in [0.2, 0.25) is 5.88 Å². The number of carbonyl (C=O) groups is 1. The van der Waals surface area contributed by atoms with Crippen molar-refractivity contribution in [3.63, 3.8) is 0 Å². The largest absolute Gasteiger partial charge is 0.346 e. The highest BCUT2D eigenvalue weighted by Gasteiger charge is 2.25. The van der Waals surface area contributed by atoms with Gasteiger partial charge in [-0.1, -0.05) is 5.16 Å². The number of benzene rings is 1. The summed E-state index contributed by atoms with van der Waals surface area (Å²) in [5.74, 6) is -0.636. The predicted molar refractivity (Wildman–Crippen MR) is 68.9 cm³/mol. The van der Waals surface area contributed by atoms with Gasteiger partial charge in [0.25, 0.3) is 5.91 Å². The fourth-order valence-electron chi connectivity index (χ4n) is 1.57. The molecule has 0 saturated carbocycles. The number of nitro benzene ring substituents is 2. The lowest BCUT2D eigenvalue weighted by molar-refractivity contribution is -0.422. The van der Waals surface area contributed by atoms with Crippen molar-refractivity contribution in [2.45, 2.75) is 6.92 Å². The van der Waals surface area contributed by atoms with Gasteiger partial charge in [-0.3, -0.25) is 30.3 Å². The third kappa shape index (κ3) is 3.00. The van der Waals surface area contributed by atoms with Crippen LogP contribution in [0.25, 0.3) is 0 Å². The molecule has 21 heavy (non-hydrogen) atoms. The Morgan fingerprint density at radius 2 is 1.86 bits per heavy atom. The van der Waals surface area contributed by atoms with Crippen molar-refractivity contribution in [2.24, 2.45) is 0 Å². The third-order valence-corrected chi connectivity index (χ3v) is 2.50. The number of aryl methyl sites for hydroxylation is 1. The zero-order chi connectivity index (χ0) is 15.6. The SMILES string of the molecule is Cc1cc(NC(=O)c2ccc([N+](=O)[O-])c([N+](=O)[O-])c2)on1. The first kappa shape index (κ1) is 14.1. The van der Waals surface area contributed by atoms with Gasteiger partial charge in [-0.05, 0) is 13.0 Å². The minimum Gasteiger partial charge on any atom is -0.338 e. The molecular formula is C11H8N4O6. The summed E-state index contributed by atoms with van der Waals surface area (Å²) in [6.45, 7) is 1.65. The second kappa shape index (κ2) is 5.36. The van der Waals surface area contributed by atoms with Crippen LogP contribution in [0, 0.1) is 27.2 Å². The second-order valence-electron chi connectivity index (χ2n) is 4.00. The number of nitro groups is 2. The van der Waals surface area contributed by atoms with E-state index in [2.05, 4.69) is 10.5 Å². The first-order chi connectivity index (χ1) is 9.88. The van der Waals surface area contributed by atoms with E-state index in [0.717, 1.165) is 18.2 Å². The second-order valence-corrected chi connectivity index (χ2v) is 4.00. The molecule has 108 valence electrons. The molecule has 2 aromatic rings. The molecular weight excluding hydrogens is 284 g/mol. The van der Waals surface area contributed by atoms with Gasteiger partial charge >= 0.3 is 11.4 Å². The fraction of sp³-hybridized carbons (Fsp3) is 0.0909. The van der Waals surface area contributed by atoms with E-state index >= 15 is 0 Å². The monoisotopic (exact) mass is 292 g/mol. The lowest BCUT2D eigenvalue weighted by atomic mass is 10.1. The Balaban J connectivity index is 2.31. The van der Waals surface area contributed by atoms with Crippen LogP contribution < -0.4 is 5.32 Å². The quantitative estimate of drug-likeness (QED) is 0.671. The summed E-state index contributed by atoms with van der Waals surface area (Å²) in [7, 11) is 0. The van der Waals surface area contributed by atoms with Gasteiger partial charge in [0.1, 0.15) is 0 Å². The molecule has 0 aliphatic heterocycles. The Bertz CT molecular complexity index is 738. The van der Waals surface area contributed by atoms with Crippen LogP contribution in [0.2, 0.25) is 0 Å². The fourth-order valence-corrected chi connectivity index (χ4v) is 1.57. The van der Waals surface area contributed by atoms with E-state index in [-0.39, 0.29) is 11.4 Å². The van der Waals surface area contributed by atoms with Crippen LogP contribution in [0.4, 0.5) is 17.3 Å². The molecule has 0 saturated heterocycles. The average molecular weight is 292 g/mol. The molecule has 1 amide bonds. The highest BCUT2D eigenvalue weighted by atomic mass is 16.6. The van der Waals surface area contributed by atoms with Crippen molar-refractivity contribution in [3.05, 3.63) is 55.8 Å². The number of nitrogens with one attached hydrogen (secondary N) is 1. The van der Waals surface area contributed by atoms with Gasteiger partial charge < -0.3 is 4.52 Å². The maximum Gasteiger partial charge on any atom is 0.346 e. The number of hydrogen-bond acceptors (Lipinski definition) is 7. The maximum atomic E-state index is 11.9. The molecule has 0 fully saturated rings. The van der Waals surface area contributed by atoms with Crippen LogP contribution in [0.3, 0.4) is 0 Å². The summed E-state index contributed by atoms with van der Waals surface area (Å²) < 4.78 is 4.77. The molecule has 2 rings (SSSR count). The number of anilines is 1. The number of carbonyl (C=O) groups excluding carboxylic acids is 1. The van der Waals surface area contributed by atoms with Crippen LogP contribution in [-0.2, 0) is 0 Å². The van der Waals surface area contributed by atoms with E-state index in [9.17, 15) is 25.0 Å². The van der Waals surface area contributed by atoms with E-state index in [4.69, 9.17) is 4.52 Å². The molecule has 1 aromatic carbocycles. The summed E-state index contributed by atoms with van der Waals surface area (Å²) >= 11 is 0. The average Bonchev–Trinajstić information content (AvgIpc) is 2.83. The van der Waals surface area contributed by atoms with Gasteiger partial charge in [0.05, 0.1) is 15.5 Å². The van der Waals surface area contributed by atoms with Crippen LogP contribution in [0.15, 0.2) is 28.8 Å². The highest BCUT2D eigenvalue weighted by Crippen LogP contribution is 2.27. The Labute approximate surface area is 116 Å². The van der Waals surface area contributed by atoms with Gasteiger partial charge in [0.15, 0.2) is 0 Å². The predicted octanol–water partition coefficient (Wildman–Crippen LogP) is 2.05. The Morgan fingerprint density at radius 1 is 1.19 bits per heavy atom. The zero-order valence-corrected chi connectivity index (χ0v) is 10.6. The van der Waals surface area contributed by atoms with Crippen LogP contribution in [0.1, 0.15) is 16.1 Å². The third-order valence-electron chi connectivity index (χ3n) is 2.50. The van der Waals surface area contributed by atoms with Crippen LogP contribution in [-0.4, -0.2) is 20.9 Å². The minimum atomic E-state index is -0.923. The van der Waals surface area contributed by atoms with Crippen molar-refractivity contribution < 1.29 is 19.2 Å². The number of hydrogen-bond donors (Lipinski definition) is 1. The first-order valence-electron chi connectivity index (χ1n) is 5.56. The van der Waals surface area contributed by atoms with E-state index in [1.807, 2.05) is 0 Å². The summed E-state index contributed by atoms with van der Waals surface area (Å²) in [5.41, 5.74) is -1.02. The molecule has 0 aliphatic carbocycles. The normalized spacial score (nSPS) is 10.1. The zero-order valence-electron chi connectivity index (χ0n) is 10.6. The number of rotatable bonds is 4. The molecule has 10 nitrogen and oxygen atoms in total. The molecule has 0 atom stereocenters. The minimum absolute atomic E-state index is 0.0681. The lowest BCUT2D eigenvalue weighted by Gasteiger charge is -2.01. The Morgan fingerprint density at radius 3 is 2.38 bits per heavy atom. The maximum absolute atomic E-state index is 11.9. The van der Waals surface area contributed by atoms with Crippen molar-refractivity contribution in [1.82, 2.24) is 5.16 Å². The Hall–Kier alpha value is -3.30. The summed E-state index contributed by atoms with van der Waals surface area (Å²) in [6.07, 6.45) is 0. The van der Waals surface area contributed by atoms with Gasteiger partial charge in [-0.15, -0.1) is 0 Å². The van der Waals surface area contributed by atoms with Crippen molar-refractivity contribution in [3.8, 4) is 0 Å². The number of nitrogens with zero attached hydrogens (tertiary/aromatic N) is 3. The molecule has 1 heterocycles. The molecule has 0 spiro atoms. The molecule has 1 aromatic heterocycles. The topological polar surface area (TPSA) is 141 Å². The smallest absolute Gasteiger partial charge is 0.338 e. The summed E-state index contributed by atoms with van der Waals surface area (Å²) in [4.78, 5) is 31.6. The van der Waals surface area contributed by atoms with E-state index in [0.29, 0.717) is 5.69 Å². The molecule has 0 radical (unpaired) electrons. The highest BCUT2D eigenvalue weighted by molar-refractivity contribution is 6.04. The van der Waals surface area contributed by atoms with Crippen LogP contribution >= 0.6 is 0 Å².